The normalized spacial score (nSPS) is 9.58. The highest BCUT2D eigenvalue weighted by Gasteiger charge is 2.04. The summed E-state index contributed by atoms with van der Waals surface area (Å²) in [5, 5.41) is 0. The summed E-state index contributed by atoms with van der Waals surface area (Å²) in [5.74, 6) is 0.681. The third-order valence-electron chi connectivity index (χ3n) is 1.62. The number of carbonyl (C=O) groups excluding carboxylic acids is 1. The van der Waals surface area contributed by atoms with Gasteiger partial charge in [-0.3, -0.25) is 4.79 Å². The van der Waals surface area contributed by atoms with E-state index < -0.39 is 0 Å². The lowest BCUT2D eigenvalue weighted by molar-refractivity contribution is 0.101. The summed E-state index contributed by atoms with van der Waals surface area (Å²) in [7, 11) is 1.58. The van der Waals surface area contributed by atoms with Gasteiger partial charge in [-0.25, -0.2) is 4.98 Å². The van der Waals surface area contributed by atoms with Crippen LogP contribution in [0.25, 0.3) is 0 Å². The fourth-order valence-corrected chi connectivity index (χ4v) is 0.960. The van der Waals surface area contributed by atoms with Crippen LogP contribution in [0.15, 0.2) is 12.1 Å². The number of ketones is 1. The number of pyridine rings is 1. The van der Waals surface area contributed by atoms with Gasteiger partial charge in [-0.1, -0.05) is 0 Å². The number of hydrogen-bond acceptors (Lipinski definition) is 3. The fourth-order valence-electron chi connectivity index (χ4n) is 0.960. The van der Waals surface area contributed by atoms with Crippen LogP contribution in [0.1, 0.15) is 23.1 Å². The van der Waals surface area contributed by atoms with Gasteiger partial charge in [0, 0.05) is 6.92 Å². The van der Waals surface area contributed by atoms with Crippen LogP contribution in [0.3, 0.4) is 0 Å². The maximum atomic E-state index is 10.9. The van der Waals surface area contributed by atoms with Crippen molar-refractivity contribution in [1.29, 1.82) is 0 Å². The molecule has 0 amide bonds. The Kier molecular flexibility index (Phi) is 2.43. The molecule has 1 aromatic heterocycles. The highest BCUT2D eigenvalue weighted by atomic mass is 16.5. The molecule has 1 heterocycles. The minimum Gasteiger partial charge on any atom is -0.495 e. The number of nitrogens with zero attached hydrogens (tertiary/aromatic N) is 1. The second kappa shape index (κ2) is 3.34. The number of hydrogen-bond donors (Lipinski definition) is 0. The van der Waals surface area contributed by atoms with E-state index >= 15 is 0 Å². The highest BCUT2D eigenvalue weighted by molar-refractivity contribution is 5.92. The molecule has 0 unspecified atom stereocenters. The molecule has 64 valence electrons. The standard InChI is InChI=1S/C9H11NO2/c1-6-9(12-3)5-4-8(10-6)7(2)11/h4-5H,1-3H3. The lowest BCUT2D eigenvalue weighted by atomic mass is 10.2. The summed E-state index contributed by atoms with van der Waals surface area (Å²) in [6.07, 6.45) is 0. The SMILES string of the molecule is COc1ccc(C(C)=O)nc1C. The molecule has 0 N–H and O–H groups in total. The molecule has 0 aliphatic heterocycles. The third-order valence-corrected chi connectivity index (χ3v) is 1.62. The van der Waals surface area contributed by atoms with Crippen LogP contribution in [0.4, 0.5) is 0 Å². The number of aromatic nitrogens is 1. The Hall–Kier alpha value is -1.38. The van der Waals surface area contributed by atoms with Gasteiger partial charge < -0.3 is 4.74 Å². The van der Waals surface area contributed by atoms with Gasteiger partial charge in [0.15, 0.2) is 5.78 Å². The van der Waals surface area contributed by atoms with Crippen molar-refractivity contribution in [2.75, 3.05) is 7.11 Å². The zero-order valence-electron chi connectivity index (χ0n) is 7.42. The smallest absolute Gasteiger partial charge is 0.178 e. The molecule has 12 heavy (non-hydrogen) atoms. The monoisotopic (exact) mass is 165 g/mol. The Morgan fingerprint density at radius 3 is 2.58 bits per heavy atom. The van der Waals surface area contributed by atoms with Crippen LogP contribution in [-0.4, -0.2) is 17.9 Å². The first kappa shape index (κ1) is 8.71. The lowest BCUT2D eigenvalue weighted by Gasteiger charge is -2.03. The number of carbonyl (C=O) groups is 1. The molecule has 0 atom stereocenters. The topological polar surface area (TPSA) is 39.2 Å². The second-order valence-corrected chi connectivity index (χ2v) is 2.54. The van der Waals surface area contributed by atoms with Crippen molar-refractivity contribution in [2.45, 2.75) is 13.8 Å². The number of aryl methyl sites for hydroxylation is 1. The summed E-state index contributed by atoms with van der Waals surface area (Å²) >= 11 is 0. The first-order chi connectivity index (χ1) is 5.65. The average Bonchev–Trinajstić information content (AvgIpc) is 2.04. The van der Waals surface area contributed by atoms with Gasteiger partial charge in [-0.2, -0.15) is 0 Å². The molecular formula is C9H11NO2. The Balaban J connectivity index is 3.10. The molecule has 0 radical (unpaired) electrons. The minimum atomic E-state index is -0.0271. The highest BCUT2D eigenvalue weighted by Crippen LogP contribution is 2.14. The van der Waals surface area contributed by atoms with Crippen LogP contribution in [-0.2, 0) is 0 Å². The molecule has 0 bridgehead atoms. The predicted molar refractivity (Wildman–Crippen MR) is 45.5 cm³/mol. The van der Waals surface area contributed by atoms with E-state index in [2.05, 4.69) is 4.98 Å². The van der Waals surface area contributed by atoms with Gasteiger partial charge in [-0.05, 0) is 19.1 Å². The molecule has 0 saturated carbocycles. The maximum Gasteiger partial charge on any atom is 0.178 e. The van der Waals surface area contributed by atoms with E-state index in [9.17, 15) is 4.79 Å². The lowest BCUT2D eigenvalue weighted by Crippen LogP contribution is -1.99. The summed E-state index contributed by atoms with van der Waals surface area (Å²) in [6, 6.07) is 3.41. The zero-order valence-corrected chi connectivity index (χ0v) is 7.42. The Labute approximate surface area is 71.4 Å². The van der Waals surface area contributed by atoms with Gasteiger partial charge in [0.05, 0.1) is 12.8 Å². The summed E-state index contributed by atoms with van der Waals surface area (Å²) in [4.78, 5) is 15.0. The van der Waals surface area contributed by atoms with E-state index in [1.807, 2.05) is 6.92 Å². The molecule has 3 heteroatoms. The Morgan fingerprint density at radius 2 is 2.17 bits per heavy atom. The third kappa shape index (κ3) is 1.61. The van der Waals surface area contributed by atoms with E-state index in [-0.39, 0.29) is 5.78 Å². The van der Waals surface area contributed by atoms with Crippen LogP contribution in [0.2, 0.25) is 0 Å². The molecule has 1 rings (SSSR count). The number of ether oxygens (including phenoxy) is 1. The van der Waals surface area contributed by atoms with Gasteiger partial charge >= 0.3 is 0 Å². The fraction of sp³-hybridized carbons (Fsp3) is 0.333. The van der Waals surface area contributed by atoms with E-state index in [4.69, 9.17) is 4.74 Å². The molecule has 0 aromatic carbocycles. The van der Waals surface area contributed by atoms with Gasteiger partial charge in [0.1, 0.15) is 11.4 Å². The summed E-state index contributed by atoms with van der Waals surface area (Å²) in [5.41, 5.74) is 1.22. The number of methoxy groups -OCH3 is 1. The van der Waals surface area contributed by atoms with E-state index in [1.165, 1.54) is 6.92 Å². The molecule has 0 fully saturated rings. The number of rotatable bonds is 2. The van der Waals surface area contributed by atoms with Crippen LogP contribution >= 0.6 is 0 Å². The minimum absolute atomic E-state index is 0.0271. The van der Waals surface area contributed by atoms with Crippen LogP contribution in [0, 0.1) is 6.92 Å². The van der Waals surface area contributed by atoms with Crippen molar-refractivity contribution in [3.8, 4) is 5.75 Å². The van der Waals surface area contributed by atoms with E-state index in [1.54, 1.807) is 19.2 Å². The van der Waals surface area contributed by atoms with Crippen molar-refractivity contribution in [3.05, 3.63) is 23.5 Å². The zero-order chi connectivity index (χ0) is 9.14. The van der Waals surface area contributed by atoms with Crippen LogP contribution < -0.4 is 4.74 Å². The largest absolute Gasteiger partial charge is 0.495 e. The van der Waals surface area contributed by atoms with Crippen molar-refractivity contribution >= 4 is 5.78 Å². The second-order valence-electron chi connectivity index (χ2n) is 2.54. The van der Waals surface area contributed by atoms with E-state index in [0.717, 1.165) is 5.69 Å². The summed E-state index contributed by atoms with van der Waals surface area (Å²) in [6.45, 7) is 3.31. The summed E-state index contributed by atoms with van der Waals surface area (Å²) < 4.78 is 5.01. The molecule has 3 nitrogen and oxygen atoms in total. The Bertz CT molecular complexity index is 307. The Morgan fingerprint density at radius 1 is 1.50 bits per heavy atom. The van der Waals surface area contributed by atoms with Crippen molar-refractivity contribution < 1.29 is 9.53 Å². The first-order valence-electron chi connectivity index (χ1n) is 3.67. The van der Waals surface area contributed by atoms with Crippen molar-refractivity contribution in [3.63, 3.8) is 0 Å². The predicted octanol–water partition coefficient (Wildman–Crippen LogP) is 1.60. The number of Topliss-reactive ketones (excluding diaryl/α,β-unsaturated/α-hetero) is 1. The molecular weight excluding hydrogens is 154 g/mol. The van der Waals surface area contributed by atoms with Crippen LogP contribution in [0.5, 0.6) is 5.75 Å². The van der Waals surface area contributed by atoms with Gasteiger partial charge in [0.25, 0.3) is 0 Å². The molecule has 0 aliphatic rings. The molecule has 0 saturated heterocycles. The molecule has 0 aliphatic carbocycles. The van der Waals surface area contributed by atoms with E-state index in [0.29, 0.717) is 11.4 Å². The quantitative estimate of drug-likeness (QED) is 0.625. The van der Waals surface area contributed by atoms with Gasteiger partial charge in [0.2, 0.25) is 0 Å². The first-order valence-corrected chi connectivity index (χ1v) is 3.67. The van der Waals surface area contributed by atoms with Crippen molar-refractivity contribution in [2.24, 2.45) is 0 Å². The molecule has 0 spiro atoms. The maximum absolute atomic E-state index is 10.9. The van der Waals surface area contributed by atoms with Crippen molar-refractivity contribution in [1.82, 2.24) is 4.98 Å². The average molecular weight is 165 g/mol. The van der Waals surface area contributed by atoms with Gasteiger partial charge in [-0.15, -0.1) is 0 Å². The molecule has 1 aromatic rings.